The van der Waals surface area contributed by atoms with Crippen molar-refractivity contribution in [1.82, 2.24) is 9.55 Å². The van der Waals surface area contributed by atoms with Crippen molar-refractivity contribution in [3.63, 3.8) is 0 Å². The monoisotopic (exact) mass is 298 g/mol. The fourth-order valence-electron chi connectivity index (χ4n) is 2.44. The molecule has 0 aliphatic carbocycles. The standard InChI is InChI=1S/C16H21F3N2/c1-5-11(4)15-20-13-8-12(16(17,18)19)6-7-14(13)21(15)9-10(2)3/h6-8,10-11H,5,9H2,1-4H3. The Morgan fingerprint density at radius 1 is 1.19 bits per heavy atom. The number of hydrogen-bond acceptors (Lipinski definition) is 1. The van der Waals surface area contributed by atoms with E-state index in [4.69, 9.17) is 0 Å². The van der Waals surface area contributed by atoms with Gasteiger partial charge in [-0.25, -0.2) is 4.98 Å². The van der Waals surface area contributed by atoms with Gasteiger partial charge in [0, 0.05) is 12.5 Å². The Hall–Kier alpha value is -1.52. The molecule has 1 unspecified atom stereocenters. The van der Waals surface area contributed by atoms with Gasteiger partial charge in [-0.05, 0) is 30.5 Å². The molecule has 2 rings (SSSR count). The van der Waals surface area contributed by atoms with Crippen LogP contribution in [0.15, 0.2) is 18.2 Å². The summed E-state index contributed by atoms with van der Waals surface area (Å²) in [5, 5.41) is 0. The van der Waals surface area contributed by atoms with Crippen LogP contribution in [0.1, 0.15) is 51.4 Å². The molecule has 21 heavy (non-hydrogen) atoms. The number of nitrogens with zero attached hydrogens (tertiary/aromatic N) is 2. The van der Waals surface area contributed by atoms with Gasteiger partial charge < -0.3 is 4.57 Å². The lowest BCUT2D eigenvalue weighted by Gasteiger charge is -2.15. The van der Waals surface area contributed by atoms with Crippen LogP contribution in [0.4, 0.5) is 13.2 Å². The van der Waals surface area contributed by atoms with E-state index in [1.54, 1.807) is 6.07 Å². The van der Waals surface area contributed by atoms with Crippen molar-refractivity contribution < 1.29 is 13.2 Å². The van der Waals surface area contributed by atoms with Gasteiger partial charge in [0.25, 0.3) is 0 Å². The molecule has 0 fully saturated rings. The molecule has 1 atom stereocenters. The molecule has 116 valence electrons. The second-order valence-corrected chi connectivity index (χ2v) is 5.99. The fraction of sp³-hybridized carbons (Fsp3) is 0.562. The minimum Gasteiger partial charge on any atom is -0.328 e. The lowest BCUT2D eigenvalue weighted by Crippen LogP contribution is -2.10. The van der Waals surface area contributed by atoms with Gasteiger partial charge in [0.05, 0.1) is 16.6 Å². The molecular formula is C16H21F3N2. The smallest absolute Gasteiger partial charge is 0.328 e. The van der Waals surface area contributed by atoms with E-state index < -0.39 is 11.7 Å². The molecule has 1 heterocycles. The molecule has 5 heteroatoms. The van der Waals surface area contributed by atoms with Gasteiger partial charge in [0.2, 0.25) is 0 Å². The Balaban J connectivity index is 2.61. The molecular weight excluding hydrogens is 277 g/mol. The van der Waals surface area contributed by atoms with Crippen molar-refractivity contribution in [3.8, 4) is 0 Å². The maximum absolute atomic E-state index is 12.8. The largest absolute Gasteiger partial charge is 0.416 e. The first kappa shape index (κ1) is 15.9. The van der Waals surface area contributed by atoms with Crippen LogP contribution in [0.5, 0.6) is 0 Å². The molecule has 0 aliphatic rings. The van der Waals surface area contributed by atoms with Crippen LogP contribution in [-0.2, 0) is 12.7 Å². The zero-order valence-electron chi connectivity index (χ0n) is 12.8. The minimum atomic E-state index is -4.33. The van der Waals surface area contributed by atoms with Gasteiger partial charge in [-0.3, -0.25) is 0 Å². The van der Waals surface area contributed by atoms with Gasteiger partial charge in [0.15, 0.2) is 0 Å². The van der Waals surface area contributed by atoms with E-state index in [1.807, 2.05) is 0 Å². The lowest BCUT2D eigenvalue weighted by atomic mass is 10.1. The molecule has 1 aromatic carbocycles. The fourth-order valence-corrected chi connectivity index (χ4v) is 2.44. The van der Waals surface area contributed by atoms with Crippen LogP contribution in [0, 0.1) is 5.92 Å². The Morgan fingerprint density at radius 3 is 2.38 bits per heavy atom. The molecule has 0 bridgehead atoms. The first-order valence-corrected chi connectivity index (χ1v) is 7.31. The highest BCUT2D eigenvalue weighted by Crippen LogP contribution is 2.33. The predicted molar refractivity (Wildman–Crippen MR) is 78.3 cm³/mol. The summed E-state index contributed by atoms with van der Waals surface area (Å²) in [4.78, 5) is 4.47. The summed E-state index contributed by atoms with van der Waals surface area (Å²) in [5.41, 5.74) is 0.577. The maximum Gasteiger partial charge on any atom is 0.416 e. The van der Waals surface area contributed by atoms with E-state index in [1.165, 1.54) is 0 Å². The number of alkyl halides is 3. The zero-order chi connectivity index (χ0) is 15.8. The van der Waals surface area contributed by atoms with Crippen LogP contribution in [0.25, 0.3) is 11.0 Å². The average Bonchev–Trinajstić information content (AvgIpc) is 2.74. The predicted octanol–water partition coefficient (Wildman–Crippen LogP) is 5.22. The third-order valence-electron chi connectivity index (χ3n) is 3.71. The first-order valence-electron chi connectivity index (χ1n) is 7.31. The second kappa shape index (κ2) is 5.70. The number of rotatable bonds is 4. The molecule has 2 nitrogen and oxygen atoms in total. The highest BCUT2D eigenvalue weighted by atomic mass is 19.4. The van der Waals surface area contributed by atoms with Crippen LogP contribution in [-0.4, -0.2) is 9.55 Å². The Bertz CT molecular complexity index is 626. The van der Waals surface area contributed by atoms with E-state index in [0.29, 0.717) is 11.4 Å². The number of halogens is 3. The molecule has 0 saturated heterocycles. The first-order chi connectivity index (χ1) is 9.74. The minimum absolute atomic E-state index is 0.227. The molecule has 0 aliphatic heterocycles. The summed E-state index contributed by atoms with van der Waals surface area (Å²) < 4.78 is 40.5. The molecule has 0 N–H and O–H groups in total. The van der Waals surface area contributed by atoms with Crippen molar-refractivity contribution in [2.75, 3.05) is 0 Å². The molecule has 1 aromatic heterocycles. The third-order valence-corrected chi connectivity index (χ3v) is 3.71. The van der Waals surface area contributed by atoms with Gasteiger partial charge in [0.1, 0.15) is 5.82 Å². The normalized spacial score (nSPS) is 14.1. The SMILES string of the molecule is CCC(C)c1nc2cc(C(F)(F)F)ccc2n1CC(C)C. The second-order valence-electron chi connectivity index (χ2n) is 5.99. The lowest BCUT2D eigenvalue weighted by molar-refractivity contribution is -0.137. The van der Waals surface area contributed by atoms with Gasteiger partial charge in [-0.2, -0.15) is 13.2 Å². The van der Waals surface area contributed by atoms with Crippen LogP contribution in [0.2, 0.25) is 0 Å². The number of imidazole rings is 1. The highest BCUT2D eigenvalue weighted by Gasteiger charge is 2.31. The summed E-state index contributed by atoms with van der Waals surface area (Å²) in [5.74, 6) is 1.51. The highest BCUT2D eigenvalue weighted by molar-refractivity contribution is 5.77. The van der Waals surface area contributed by atoms with Gasteiger partial charge in [-0.15, -0.1) is 0 Å². The van der Waals surface area contributed by atoms with E-state index in [2.05, 4.69) is 37.2 Å². The summed E-state index contributed by atoms with van der Waals surface area (Å²) in [6.45, 7) is 9.07. The van der Waals surface area contributed by atoms with E-state index in [-0.39, 0.29) is 5.92 Å². The van der Waals surface area contributed by atoms with Gasteiger partial charge in [-0.1, -0.05) is 27.7 Å². The molecule has 0 saturated carbocycles. The molecule has 0 spiro atoms. The van der Waals surface area contributed by atoms with Crippen molar-refractivity contribution in [2.45, 2.75) is 52.8 Å². The van der Waals surface area contributed by atoms with E-state index >= 15 is 0 Å². The molecule has 0 amide bonds. The van der Waals surface area contributed by atoms with E-state index in [0.717, 1.165) is 36.4 Å². The van der Waals surface area contributed by atoms with Gasteiger partial charge >= 0.3 is 6.18 Å². The van der Waals surface area contributed by atoms with E-state index in [9.17, 15) is 13.2 Å². The number of fused-ring (bicyclic) bond motifs is 1. The van der Waals surface area contributed by atoms with Crippen LogP contribution < -0.4 is 0 Å². The summed E-state index contributed by atoms with van der Waals surface area (Å²) in [7, 11) is 0. The summed E-state index contributed by atoms with van der Waals surface area (Å²) in [6.07, 6.45) is -3.42. The maximum atomic E-state index is 12.8. The molecule has 2 aromatic rings. The van der Waals surface area contributed by atoms with Crippen molar-refractivity contribution >= 4 is 11.0 Å². The Morgan fingerprint density at radius 2 is 1.86 bits per heavy atom. The topological polar surface area (TPSA) is 17.8 Å². The van der Waals surface area contributed by atoms with Crippen LogP contribution >= 0.6 is 0 Å². The molecule has 0 radical (unpaired) electrons. The average molecular weight is 298 g/mol. The summed E-state index contributed by atoms with van der Waals surface area (Å²) in [6, 6.07) is 3.83. The number of hydrogen-bond donors (Lipinski definition) is 0. The zero-order valence-corrected chi connectivity index (χ0v) is 12.8. The number of aromatic nitrogens is 2. The summed E-state index contributed by atoms with van der Waals surface area (Å²) >= 11 is 0. The van der Waals surface area contributed by atoms with Crippen molar-refractivity contribution in [1.29, 1.82) is 0 Å². The Kier molecular flexibility index (Phi) is 4.30. The van der Waals surface area contributed by atoms with Crippen molar-refractivity contribution in [2.24, 2.45) is 5.92 Å². The Labute approximate surface area is 123 Å². The third kappa shape index (κ3) is 3.22. The van der Waals surface area contributed by atoms with Crippen molar-refractivity contribution in [3.05, 3.63) is 29.6 Å². The number of benzene rings is 1. The quantitative estimate of drug-likeness (QED) is 0.756. The van der Waals surface area contributed by atoms with Crippen LogP contribution in [0.3, 0.4) is 0 Å².